The van der Waals surface area contributed by atoms with Crippen LogP contribution in [0.15, 0.2) is 24.3 Å². The predicted octanol–water partition coefficient (Wildman–Crippen LogP) is 6.09. The van der Waals surface area contributed by atoms with Crippen LogP contribution in [0.3, 0.4) is 0 Å². The van der Waals surface area contributed by atoms with E-state index in [0.717, 1.165) is 6.42 Å². The Balaban J connectivity index is 0. The molecule has 0 aliphatic heterocycles. The molecule has 0 saturated carbocycles. The molecule has 0 unspecified atom stereocenters. The third-order valence-corrected chi connectivity index (χ3v) is 6.44. The molecule has 20 heavy (non-hydrogen) atoms. The van der Waals surface area contributed by atoms with Crippen LogP contribution in [0.2, 0.25) is 0 Å². The molecule has 1 aromatic rings. The summed E-state index contributed by atoms with van der Waals surface area (Å²) in [7, 11) is 4.33. The van der Waals surface area contributed by atoms with Crippen molar-refractivity contribution < 1.29 is 18.2 Å². The Hall–Kier alpha value is 0.602. The second kappa shape index (κ2) is 9.59. The molecular weight excluding hydrogens is 377 g/mol. The van der Waals surface area contributed by atoms with Crippen LogP contribution in [0.5, 0.6) is 0 Å². The van der Waals surface area contributed by atoms with Crippen LogP contribution >= 0.6 is 17.5 Å². The van der Waals surface area contributed by atoms with Gasteiger partial charge in [-0.05, 0) is 27.6 Å². The average molecular weight is 407 g/mol. The average Bonchev–Trinajstić information content (AvgIpc) is 2.29. The number of rotatable bonds is 2. The van der Waals surface area contributed by atoms with Crippen molar-refractivity contribution in [1.29, 1.82) is 0 Å². The van der Waals surface area contributed by atoms with E-state index in [4.69, 9.17) is 0 Å². The van der Waals surface area contributed by atoms with Crippen molar-refractivity contribution >= 4 is 22.8 Å². The van der Waals surface area contributed by atoms with Gasteiger partial charge in [-0.3, -0.25) is 0 Å². The van der Waals surface area contributed by atoms with Crippen LogP contribution < -0.4 is 5.30 Å². The van der Waals surface area contributed by atoms with Gasteiger partial charge in [0.15, 0.2) is 0 Å². The molecular formula is C17H30ClPPd. The second-order valence-corrected chi connectivity index (χ2v) is 10.6. The summed E-state index contributed by atoms with van der Waals surface area (Å²) in [6, 6.07) is 9.28. The van der Waals surface area contributed by atoms with Gasteiger partial charge in [-0.2, -0.15) is 0 Å². The molecule has 1 aromatic carbocycles. The van der Waals surface area contributed by atoms with Crippen molar-refractivity contribution in [3.8, 4) is 0 Å². The number of aryl methyl sites for hydroxylation is 1. The normalized spacial score (nSPS) is 11.6. The number of benzene rings is 1. The molecule has 0 bridgehead atoms. The van der Waals surface area contributed by atoms with Crippen LogP contribution in [-0.2, 0) is 24.6 Å². The summed E-state index contributed by atoms with van der Waals surface area (Å²) in [4.78, 5) is 0. The van der Waals surface area contributed by atoms with Gasteiger partial charge in [-0.25, -0.2) is 0 Å². The van der Waals surface area contributed by atoms with Gasteiger partial charge in [0.2, 0.25) is 0 Å². The summed E-state index contributed by atoms with van der Waals surface area (Å²) in [5, 5.41) is 2.26. The minimum absolute atomic E-state index is 0. The van der Waals surface area contributed by atoms with Crippen LogP contribution in [-0.4, -0.2) is 10.3 Å². The van der Waals surface area contributed by atoms with E-state index in [1.165, 1.54) is 10.9 Å². The first kappa shape index (κ1) is 22.9. The van der Waals surface area contributed by atoms with Crippen molar-refractivity contribution in [2.24, 2.45) is 0 Å². The second-order valence-electron chi connectivity index (χ2n) is 6.70. The van der Waals surface area contributed by atoms with Crippen LogP contribution in [0.25, 0.3) is 0 Å². The molecule has 0 aliphatic carbocycles. The fraction of sp³-hybridized carbons (Fsp3) is 0.588. The molecule has 0 fully saturated rings. The molecule has 0 radical (unpaired) electrons. The van der Waals surface area contributed by atoms with Gasteiger partial charge in [0, 0.05) is 0 Å². The molecule has 0 amide bonds. The van der Waals surface area contributed by atoms with Gasteiger partial charge >= 0.3 is 27.7 Å². The quantitative estimate of drug-likeness (QED) is 0.316. The van der Waals surface area contributed by atoms with Gasteiger partial charge in [0.05, 0.1) is 0 Å². The molecule has 0 heterocycles. The molecule has 0 atom stereocenters. The fourth-order valence-electron chi connectivity index (χ4n) is 2.66. The summed E-state index contributed by atoms with van der Waals surface area (Å²) in [5.41, 5.74) is 1.44. The van der Waals surface area contributed by atoms with Crippen molar-refractivity contribution in [3.63, 3.8) is 0 Å². The van der Waals surface area contributed by atoms with Crippen LogP contribution in [0, 0.1) is 7.43 Å². The summed E-state index contributed by atoms with van der Waals surface area (Å²) < 4.78 is 0. The maximum atomic E-state index is 4.49. The van der Waals surface area contributed by atoms with E-state index >= 15 is 0 Å². The Morgan fingerprint density at radius 1 is 0.900 bits per heavy atom. The Morgan fingerprint density at radius 2 is 1.25 bits per heavy atom. The van der Waals surface area contributed by atoms with E-state index in [2.05, 4.69) is 100 Å². The van der Waals surface area contributed by atoms with Crippen molar-refractivity contribution in [1.82, 2.24) is 0 Å². The van der Waals surface area contributed by atoms with Gasteiger partial charge in [0.1, 0.15) is 0 Å². The monoisotopic (exact) mass is 406 g/mol. The fourth-order valence-corrected chi connectivity index (χ4v) is 6.67. The molecule has 0 N–H and O–H groups in total. The molecule has 0 saturated heterocycles. The van der Waals surface area contributed by atoms with E-state index in [1.54, 1.807) is 0 Å². The van der Waals surface area contributed by atoms with Gasteiger partial charge in [-0.15, -0.1) is 0 Å². The molecule has 0 aromatic heterocycles. The summed E-state index contributed by atoms with van der Waals surface area (Å²) >= 11 is 2.22. The van der Waals surface area contributed by atoms with Crippen molar-refractivity contribution in [2.45, 2.75) is 65.2 Å². The Bertz CT molecular complexity index is 346. The summed E-state index contributed by atoms with van der Waals surface area (Å²) in [5.74, 6) is 0. The standard InChI is InChI=1S/C16H27P.CH3.ClH.Pd/c1-8-13-9-11-14(12-10-13)17(15(2,3)4)16(5,6)7;;;/h9-12H,8H2,1-7H3;1H3;1H;/q;-1;;+2/p-1. The predicted molar refractivity (Wildman–Crippen MR) is 94.1 cm³/mol. The maximum absolute atomic E-state index is 4.49. The Kier molecular flexibility index (Phi) is 11.0. The molecule has 0 aliphatic rings. The third-order valence-electron chi connectivity index (χ3n) is 2.94. The number of hydrogen-bond donors (Lipinski definition) is 0. The first-order chi connectivity index (χ1) is 8.66. The van der Waals surface area contributed by atoms with Crippen molar-refractivity contribution in [2.75, 3.05) is 0 Å². The van der Waals surface area contributed by atoms with Crippen molar-refractivity contribution in [3.05, 3.63) is 37.3 Å². The summed E-state index contributed by atoms with van der Waals surface area (Å²) in [6.45, 7) is 16.4. The van der Waals surface area contributed by atoms with Crippen LogP contribution in [0.4, 0.5) is 0 Å². The Labute approximate surface area is 143 Å². The molecule has 3 heteroatoms. The Morgan fingerprint density at radius 3 is 1.50 bits per heavy atom. The molecule has 120 valence electrons. The number of halogens is 1. The van der Waals surface area contributed by atoms with Gasteiger partial charge < -0.3 is 7.43 Å². The molecule has 0 nitrogen and oxygen atoms in total. The minimum atomic E-state index is -0.155. The third kappa shape index (κ3) is 7.05. The number of hydrogen-bond acceptors (Lipinski definition) is 0. The molecule has 0 spiro atoms. The zero-order valence-electron chi connectivity index (χ0n) is 14.2. The summed E-state index contributed by atoms with van der Waals surface area (Å²) in [6.07, 6.45) is 1.13. The first-order valence-electron chi connectivity index (χ1n) is 6.67. The van der Waals surface area contributed by atoms with E-state index in [0.29, 0.717) is 10.3 Å². The van der Waals surface area contributed by atoms with E-state index in [-0.39, 0.29) is 15.3 Å². The van der Waals surface area contributed by atoms with E-state index in [1.807, 2.05) is 0 Å². The van der Waals surface area contributed by atoms with E-state index < -0.39 is 0 Å². The molecule has 1 rings (SSSR count). The SMILES string of the molecule is CCc1ccc(P(C(C)(C)C)C(C)(C)C)cc1.[CH3-].[Cl][Pd+]. The zero-order chi connectivity index (χ0) is 15.3. The first-order valence-corrected chi connectivity index (χ1v) is 10.0. The van der Waals surface area contributed by atoms with Gasteiger partial charge in [-0.1, -0.05) is 80.7 Å². The topological polar surface area (TPSA) is 0 Å². The zero-order valence-corrected chi connectivity index (χ0v) is 17.4. The van der Waals surface area contributed by atoms with Crippen LogP contribution in [0.1, 0.15) is 54.0 Å². The van der Waals surface area contributed by atoms with Gasteiger partial charge in [0.25, 0.3) is 0 Å². The van der Waals surface area contributed by atoms with E-state index in [9.17, 15) is 0 Å².